The second-order valence-electron chi connectivity index (χ2n) is 7.81. The lowest BCUT2D eigenvalue weighted by Gasteiger charge is -2.29. The minimum absolute atomic E-state index is 0.227. The number of nitrogens with zero attached hydrogens (tertiary/aromatic N) is 2. The van der Waals surface area contributed by atoms with Crippen LogP contribution in [-0.4, -0.2) is 59.5 Å². The highest BCUT2D eigenvalue weighted by Gasteiger charge is 2.32. The highest BCUT2D eigenvalue weighted by atomic mass is 35.5. The molecule has 0 aliphatic heterocycles. The van der Waals surface area contributed by atoms with Gasteiger partial charge >= 0.3 is 5.97 Å². The van der Waals surface area contributed by atoms with Crippen molar-refractivity contribution in [3.05, 3.63) is 57.4 Å². The first-order valence-electron chi connectivity index (χ1n) is 11.2. The van der Waals surface area contributed by atoms with Gasteiger partial charge in [-0.3, -0.25) is 9.59 Å². The van der Waals surface area contributed by atoms with Crippen molar-refractivity contribution in [3.63, 3.8) is 0 Å². The Morgan fingerprint density at radius 3 is 2.30 bits per heavy atom. The topological polar surface area (TPSA) is 77.8 Å². The molecule has 0 saturated carbocycles. The maximum absolute atomic E-state index is 13.6. The fourth-order valence-electron chi connectivity index (χ4n) is 3.89. The number of esters is 1. The van der Waals surface area contributed by atoms with Crippen LogP contribution in [0, 0.1) is 13.8 Å². The molecular weight excluding hydrogens is 444 g/mol. The molecule has 7 nitrogen and oxygen atoms in total. The summed E-state index contributed by atoms with van der Waals surface area (Å²) in [6.07, 6.45) is 0.589. The van der Waals surface area contributed by atoms with E-state index in [9.17, 15) is 14.4 Å². The van der Waals surface area contributed by atoms with Gasteiger partial charge in [-0.2, -0.15) is 0 Å². The van der Waals surface area contributed by atoms with Gasteiger partial charge in [0.15, 0.2) is 5.78 Å². The van der Waals surface area contributed by atoms with Crippen molar-refractivity contribution in [2.75, 3.05) is 26.4 Å². The number of hydrogen-bond acceptors (Lipinski definition) is 5. The van der Waals surface area contributed by atoms with Crippen LogP contribution in [0.2, 0.25) is 5.02 Å². The molecule has 0 bridgehead atoms. The summed E-state index contributed by atoms with van der Waals surface area (Å²) in [7, 11) is 1.73. The Morgan fingerprint density at radius 1 is 1.09 bits per heavy atom. The predicted molar refractivity (Wildman–Crippen MR) is 128 cm³/mol. The van der Waals surface area contributed by atoms with Gasteiger partial charge in [-0.1, -0.05) is 11.6 Å². The molecular formula is C25H33ClN2O5. The molecule has 0 saturated heterocycles. The minimum atomic E-state index is -0.746. The molecule has 1 amide bonds. The number of ether oxygens (including phenoxy) is 2. The van der Waals surface area contributed by atoms with Gasteiger partial charge < -0.3 is 18.9 Å². The van der Waals surface area contributed by atoms with Gasteiger partial charge in [-0.05, 0) is 70.9 Å². The van der Waals surface area contributed by atoms with Crippen molar-refractivity contribution < 1.29 is 23.9 Å². The number of carbonyl (C=O) groups excluding carboxylic acids is 3. The third-order valence-corrected chi connectivity index (χ3v) is 5.99. The number of rotatable bonds is 11. The molecule has 8 heteroatoms. The predicted octanol–water partition coefficient (Wildman–Crippen LogP) is 4.61. The van der Waals surface area contributed by atoms with Crippen LogP contribution in [0.15, 0.2) is 24.3 Å². The molecule has 180 valence electrons. The number of Topliss-reactive ketones (excluding diaryl/α,β-unsaturated/α-hetero) is 1. The molecule has 1 heterocycles. The minimum Gasteiger partial charge on any atom is -0.461 e. The Hall–Kier alpha value is -2.64. The lowest BCUT2D eigenvalue weighted by atomic mass is 9.99. The molecule has 0 spiro atoms. The van der Waals surface area contributed by atoms with Crippen molar-refractivity contribution >= 4 is 29.3 Å². The van der Waals surface area contributed by atoms with Gasteiger partial charge in [0, 0.05) is 48.6 Å². The smallest absolute Gasteiger partial charge is 0.355 e. The molecule has 1 atom stereocenters. The Labute approximate surface area is 200 Å². The largest absolute Gasteiger partial charge is 0.461 e. The fourth-order valence-corrected chi connectivity index (χ4v) is 4.02. The number of carbonyl (C=O) groups is 3. The van der Waals surface area contributed by atoms with E-state index in [-0.39, 0.29) is 18.3 Å². The maximum Gasteiger partial charge on any atom is 0.355 e. The van der Waals surface area contributed by atoms with Crippen LogP contribution in [0.3, 0.4) is 0 Å². The molecule has 0 aliphatic carbocycles. The number of benzene rings is 1. The number of halogens is 1. The van der Waals surface area contributed by atoms with Gasteiger partial charge in [0.25, 0.3) is 5.91 Å². The van der Waals surface area contributed by atoms with E-state index in [0.717, 1.165) is 0 Å². The highest BCUT2D eigenvalue weighted by molar-refractivity contribution is 6.30. The number of aromatic nitrogens is 1. The molecule has 0 fully saturated rings. The van der Waals surface area contributed by atoms with E-state index in [1.807, 2.05) is 6.92 Å². The van der Waals surface area contributed by atoms with Crippen molar-refractivity contribution in [1.29, 1.82) is 0 Å². The van der Waals surface area contributed by atoms with Crippen molar-refractivity contribution in [3.8, 4) is 0 Å². The summed E-state index contributed by atoms with van der Waals surface area (Å²) in [5.41, 5.74) is 2.44. The van der Waals surface area contributed by atoms with Crippen LogP contribution in [0.4, 0.5) is 0 Å². The van der Waals surface area contributed by atoms with E-state index in [0.29, 0.717) is 59.3 Å². The molecule has 2 rings (SSSR count). The molecule has 0 radical (unpaired) electrons. The summed E-state index contributed by atoms with van der Waals surface area (Å²) in [5, 5.41) is 0.528. The van der Waals surface area contributed by atoms with Crippen molar-refractivity contribution in [1.82, 2.24) is 9.47 Å². The highest BCUT2D eigenvalue weighted by Crippen LogP contribution is 2.25. The SMILES string of the molecule is CCOCCCN(C(=O)c1ccc(Cl)cc1)C(C)C(=O)c1c(C)c(C(=O)OCC)n(C)c1C. The van der Waals surface area contributed by atoms with E-state index in [2.05, 4.69) is 0 Å². The molecule has 2 aromatic rings. The Bertz CT molecular complexity index is 997. The molecule has 1 unspecified atom stereocenters. The number of amides is 1. The summed E-state index contributed by atoms with van der Waals surface area (Å²) in [5.74, 6) is -0.964. The quantitative estimate of drug-likeness (QED) is 0.269. The normalized spacial score (nSPS) is 11.8. The first-order chi connectivity index (χ1) is 15.6. The average Bonchev–Trinajstić information content (AvgIpc) is 3.01. The second-order valence-corrected chi connectivity index (χ2v) is 8.25. The van der Waals surface area contributed by atoms with Crippen LogP contribution >= 0.6 is 11.6 Å². The summed E-state index contributed by atoms with van der Waals surface area (Å²) in [6.45, 7) is 10.5. The Morgan fingerprint density at radius 2 is 1.73 bits per heavy atom. The zero-order valence-corrected chi connectivity index (χ0v) is 21.0. The lowest BCUT2D eigenvalue weighted by molar-refractivity contribution is 0.0513. The molecule has 1 aromatic heterocycles. The summed E-state index contributed by atoms with van der Waals surface area (Å²) in [6, 6.07) is 5.85. The zero-order chi connectivity index (χ0) is 24.7. The standard InChI is InChI=1S/C25H33ClN2O5/c1-7-32-15-9-14-28(24(30)19-10-12-20(26)13-11-19)18(5)23(29)21-16(3)22(25(31)33-8-2)27(6)17(21)4/h10-13,18H,7-9,14-15H2,1-6H3. The van der Waals surface area contributed by atoms with E-state index in [1.165, 1.54) is 0 Å². The van der Waals surface area contributed by atoms with E-state index in [4.69, 9.17) is 21.1 Å². The third-order valence-electron chi connectivity index (χ3n) is 5.74. The maximum atomic E-state index is 13.6. The van der Waals surface area contributed by atoms with Crippen LogP contribution in [-0.2, 0) is 16.5 Å². The monoisotopic (exact) mass is 476 g/mol. The van der Waals surface area contributed by atoms with E-state index >= 15 is 0 Å². The zero-order valence-electron chi connectivity index (χ0n) is 20.2. The lowest BCUT2D eigenvalue weighted by Crippen LogP contribution is -2.44. The van der Waals surface area contributed by atoms with Gasteiger partial charge in [0.1, 0.15) is 5.69 Å². The second kappa shape index (κ2) is 12.0. The van der Waals surface area contributed by atoms with Gasteiger partial charge in [-0.25, -0.2) is 4.79 Å². The van der Waals surface area contributed by atoms with Gasteiger partial charge in [-0.15, -0.1) is 0 Å². The van der Waals surface area contributed by atoms with Crippen molar-refractivity contribution in [2.45, 2.75) is 47.1 Å². The molecule has 0 N–H and O–H groups in total. The summed E-state index contributed by atoms with van der Waals surface area (Å²) in [4.78, 5) is 41.0. The number of ketones is 1. The van der Waals surface area contributed by atoms with Gasteiger partial charge in [0.05, 0.1) is 12.6 Å². The van der Waals surface area contributed by atoms with E-state index in [1.54, 1.807) is 68.5 Å². The molecule has 33 heavy (non-hydrogen) atoms. The molecule has 0 aliphatic rings. The first kappa shape index (κ1) is 26.6. The van der Waals surface area contributed by atoms with E-state index < -0.39 is 12.0 Å². The summed E-state index contributed by atoms with van der Waals surface area (Å²) < 4.78 is 12.3. The Balaban J connectivity index is 2.40. The Kier molecular flexibility index (Phi) is 9.68. The van der Waals surface area contributed by atoms with Crippen LogP contribution in [0.1, 0.15) is 69.7 Å². The average molecular weight is 477 g/mol. The molecule has 1 aromatic carbocycles. The summed E-state index contributed by atoms with van der Waals surface area (Å²) >= 11 is 5.97. The first-order valence-corrected chi connectivity index (χ1v) is 11.5. The third kappa shape index (κ3) is 6.03. The fraction of sp³-hybridized carbons (Fsp3) is 0.480. The van der Waals surface area contributed by atoms with Crippen LogP contribution in [0.25, 0.3) is 0 Å². The van der Waals surface area contributed by atoms with Crippen LogP contribution in [0.5, 0.6) is 0 Å². The number of hydrogen-bond donors (Lipinski definition) is 0. The van der Waals surface area contributed by atoms with Crippen LogP contribution < -0.4 is 0 Å². The van der Waals surface area contributed by atoms with Gasteiger partial charge in [0.2, 0.25) is 0 Å². The van der Waals surface area contributed by atoms with Crippen molar-refractivity contribution in [2.24, 2.45) is 7.05 Å².